The van der Waals surface area contributed by atoms with Crippen LogP contribution in [0.25, 0.3) is 0 Å². The molecular weight excluding hydrogens is 276 g/mol. The summed E-state index contributed by atoms with van der Waals surface area (Å²) in [5.41, 5.74) is 1.98. The Kier molecular flexibility index (Phi) is 4.87. The first-order valence-corrected chi connectivity index (χ1v) is 6.62. The molecule has 2 heterocycles. The summed E-state index contributed by atoms with van der Waals surface area (Å²) in [4.78, 5) is 15.0. The standard InChI is InChI=1S/C14H17ClN4O/c1-10-5-4-6-11(16-10)8-19(2)14-7-12(15)17-13(18-14)9-20-3/h4-7H,8-9H2,1-3H3. The number of hydrogen-bond acceptors (Lipinski definition) is 5. The highest BCUT2D eigenvalue weighted by Crippen LogP contribution is 2.17. The van der Waals surface area contributed by atoms with Crippen LogP contribution in [-0.4, -0.2) is 29.1 Å². The van der Waals surface area contributed by atoms with Gasteiger partial charge in [-0.25, -0.2) is 9.97 Å². The largest absolute Gasteiger partial charge is 0.377 e. The summed E-state index contributed by atoms with van der Waals surface area (Å²) in [7, 11) is 3.55. The summed E-state index contributed by atoms with van der Waals surface area (Å²) in [5, 5.41) is 0.408. The average molecular weight is 293 g/mol. The fourth-order valence-corrected chi connectivity index (χ4v) is 2.05. The molecule has 0 aliphatic carbocycles. The van der Waals surface area contributed by atoms with Crippen LogP contribution in [0.4, 0.5) is 5.82 Å². The first-order valence-electron chi connectivity index (χ1n) is 6.24. The first kappa shape index (κ1) is 14.7. The van der Waals surface area contributed by atoms with Crippen molar-refractivity contribution < 1.29 is 4.74 Å². The van der Waals surface area contributed by atoms with Crippen LogP contribution >= 0.6 is 11.6 Å². The second-order valence-corrected chi connectivity index (χ2v) is 4.91. The molecule has 2 aromatic heterocycles. The maximum Gasteiger partial charge on any atom is 0.158 e. The Morgan fingerprint density at radius 2 is 2.05 bits per heavy atom. The number of hydrogen-bond donors (Lipinski definition) is 0. The van der Waals surface area contributed by atoms with Crippen molar-refractivity contribution in [3.05, 3.63) is 46.6 Å². The number of ether oxygens (including phenoxy) is 1. The third-order valence-corrected chi connectivity index (χ3v) is 2.93. The van der Waals surface area contributed by atoms with Crippen LogP contribution in [-0.2, 0) is 17.9 Å². The van der Waals surface area contributed by atoms with Gasteiger partial charge in [0.2, 0.25) is 0 Å². The molecule has 6 heteroatoms. The van der Waals surface area contributed by atoms with E-state index in [0.717, 1.165) is 17.2 Å². The Bertz CT molecular complexity index is 591. The van der Waals surface area contributed by atoms with Gasteiger partial charge in [-0.1, -0.05) is 17.7 Å². The highest BCUT2D eigenvalue weighted by molar-refractivity contribution is 6.29. The van der Waals surface area contributed by atoms with Gasteiger partial charge in [-0.05, 0) is 19.1 Å². The van der Waals surface area contributed by atoms with E-state index in [0.29, 0.717) is 24.1 Å². The predicted octanol–water partition coefficient (Wildman–Crippen LogP) is 2.62. The number of rotatable bonds is 5. The molecule has 0 unspecified atom stereocenters. The Morgan fingerprint density at radius 3 is 2.75 bits per heavy atom. The summed E-state index contributed by atoms with van der Waals surface area (Å²) in [6.45, 7) is 2.97. The zero-order valence-corrected chi connectivity index (χ0v) is 12.6. The molecule has 0 amide bonds. The molecule has 2 rings (SSSR count). The van der Waals surface area contributed by atoms with Crippen molar-refractivity contribution in [2.75, 3.05) is 19.1 Å². The van der Waals surface area contributed by atoms with Gasteiger partial charge in [0.25, 0.3) is 0 Å². The summed E-state index contributed by atoms with van der Waals surface area (Å²) in [5.74, 6) is 1.32. The molecule has 0 saturated heterocycles. The third kappa shape index (κ3) is 3.88. The molecule has 0 saturated carbocycles. The molecule has 20 heavy (non-hydrogen) atoms. The topological polar surface area (TPSA) is 51.1 Å². The van der Waals surface area contributed by atoms with E-state index in [4.69, 9.17) is 16.3 Å². The molecule has 0 N–H and O–H groups in total. The van der Waals surface area contributed by atoms with Crippen molar-refractivity contribution in [3.63, 3.8) is 0 Å². The van der Waals surface area contributed by atoms with E-state index in [9.17, 15) is 0 Å². The van der Waals surface area contributed by atoms with E-state index in [-0.39, 0.29) is 0 Å². The second-order valence-electron chi connectivity index (χ2n) is 4.52. The third-order valence-electron chi connectivity index (χ3n) is 2.74. The van der Waals surface area contributed by atoms with Crippen LogP contribution in [0.15, 0.2) is 24.3 Å². The molecule has 0 fully saturated rings. The molecule has 0 aliphatic heterocycles. The van der Waals surface area contributed by atoms with E-state index in [2.05, 4.69) is 15.0 Å². The number of aromatic nitrogens is 3. The van der Waals surface area contributed by atoms with Gasteiger partial charge in [-0.15, -0.1) is 0 Å². The molecular formula is C14H17ClN4O. The highest BCUT2D eigenvalue weighted by Gasteiger charge is 2.09. The van der Waals surface area contributed by atoms with Crippen LogP contribution in [0.5, 0.6) is 0 Å². The monoisotopic (exact) mass is 292 g/mol. The van der Waals surface area contributed by atoms with Gasteiger partial charge in [0.1, 0.15) is 17.6 Å². The fourth-order valence-electron chi connectivity index (χ4n) is 1.85. The number of halogens is 1. The van der Waals surface area contributed by atoms with Crippen molar-refractivity contribution in [2.24, 2.45) is 0 Å². The quantitative estimate of drug-likeness (QED) is 0.793. The van der Waals surface area contributed by atoms with Crippen LogP contribution in [0.2, 0.25) is 5.15 Å². The van der Waals surface area contributed by atoms with Crippen molar-refractivity contribution >= 4 is 17.4 Å². The average Bonchev–Trinajstić information content (AvgIpc) is 2.38. The van der Waals surface area contributed by atoms with Crippen LogP contribution in [0.3, 0.4) is 0 Å². The second kappa shape index (κ2) is 6.63. The normalized spacial score (nSPS) is 10.6. The lowest BCUT2D eigenvalue weighted by Gasteiger charge is -2.18. The van der Waals surface area contributed by atoms with E-state index in [1.807, 2.05) is 37.1 Å². The lowest BCUT2D eigenvalue weighted by Crippen LogP contribution is -2.19. The minimum Gasteiger partial charge on any atom is -0.377 e. The molecule has 0 radical (unpaired) electrons. The first-order chi connectivity index (χ1) is 9.58. The van der Waals surface area contributed by atoms with Crippen molar-refractivity contribution in [2.45, 2.75) is 20.1 Å². The number of aryl methyl sites for hydroxylation is 1. The van der Waals surface area contributed by atoms with E-state index in [1.165, 1.54) is 0 Å². The molecule has 0 aliphatic rings. The molecule has 2 aromatic rings. The van der Waals surface area contributed by atoms with Crippen molar-refractivity contribution in [1.82, 2.24) is 15.0 Å². The van der Waals surface area contributed by atoms with Crippen molar-refractivity contribution in [1.29, 1.82) is 0 Å². The molecule has 0 spiro atoms. The lowest BCUT2D eigenvalue weighted by atomic mass is 10.3. The molecule has 0 aromatic carbocycles. The number of methoxy groups -OCH3 is 1. The predicted molar refractivity (Wildman–Crippen MR) is 78.8 cm³/mol. The highest BCUT2D eigenvalue weighted by atomic mass is 35.5. The SMILES string of the molecule is COCc1nc(Cl)cc(N(C)Cc2cccc(C)n2)n1. The van der Waals surface area contributed by atoms with Gasteiger partial charge >= 0.3 is 0 Å². The van der Waals surface area contributed by atoms with Crippen LogP contribution < -0.4 is 4.90 Å². The van der Waals surface area contributed by atoms with Gasteiger partial charge in [-0.2, -0.15) is 0 Å². The molecule has 5 nitrogen and oxygen atoms in total. The Morgan fingerprint density at radius 1 is 1.25 bits per heavy atom. The Balaban J connectivity index is 2.18. The summed E-state index contributed by atoms with van der Waals surface area (Å²) in [6.07, 6.45) is 0. The Labute approximate surface area is 123 Å². The number of anilines is 1. The molecule has 0 bridgehead atoms. The minimum atomic E-state index is 0.337. The number of pyridine rings is 1. The minimum absolute atomic E-state index is 0.337. The van der Waals surface area contributed by atoms with E-state index >= 15 is 0 Å². The zero-order chi connectivity index (χ0) is 14.5. The maximum absolute atomic E-state index is 6.01. The van der Waals surface area contributed by atoms with Crippen molar-refractivity contribution in [3.8, 4) is 0 Å². The Hall–Kier alpha value is -1.72. The molecule has 106 valence electrons. The van der Waals surface area contributed by atoms with E-state index < -0.39 is 0 Å². The summed E-state index contributed by atoms with van der Waals surface area (Å²) >= 11 is 6.01. The summed E-state index contributed by atoms with van der Waals surface area (Å²) < 4.78 is 5.04. The van der Waals surface area contributed by atoms with Crippen LogP contribution in [0.1, 0.15) is 17.2 Å². The van der Waals surface area contributed by atoms with Gasteiger partial charge < -0.3 is 9.64 Å². The molecule has 0 atom stereocenters. The zero-order valence-electron chi connectivity index (χ0n) is 11.8. The summed E-state index contributed by atoms with van der Waals surface area (Å²) in [6, 6.07) is 7.69. The van der Waals surface area contributed by atoms with Gasteiger partial charge in [0.05, 0.1) is 12.2 Å². The lowest BCUT2D eigenvalue weighted by molar-refractivity contribution is 0.178. The smallest absolute Gasteiger partial charge is 0.158 e. The van der Waals surface area contributed by atoms with E-state index in [1.54, 1.807) is 13.2 Å². The maximum atomic E-state index is 6.01. The van der Waals surface area contributed by atoms with Gasteiger partial charge in [0, 0.05) is 25.9 Å². The van der Waals surface area contributed by atoms with Gasteiger partial charge in [-0.3, -0.25) is 4.98 Å². The van der Waals surface area contributed by atoms with Crippen LogP contribution in [0, 0.1) is 6.92 Å². The number of nitrogens with zero attached hydrogens (tertiary/aromatic N) is 4. The fraction of sp³-hybridized carbons (Fsp3) is 0.357. The van der Waals surface area contributed by atoms with Gasteiger partial charge in [0.15, 0.2) is 5.82 Å².